The van der Waals surface area contributed by atoms with E-state index in [0.717, 1.165) is 30.6 Å². The van der Waals surface area contributed by atoms with Crippen LogP contribution in [-0.4, -0.2) is 34.1 Å². The molecule has 4 rings (SSSR count). The molecule has 1 aromatic heterocycles. The monoisotopic (exact) mass is 364 g/mol. The molecule has 1 aromatic carbocycles. The Bertz CT molecular complexity index is 783. The van der Waals surface area contributed by atoms with Crippen molar-refractivity contribution >= 4 is 11.7 Å². The SMILES string of the molecule is CC(=O)[C@@H]1CCCN(c2nncc(-c3ccc(C4CCCCC4)cc3)n2)C1. The molecule has 1 atom stereocenters. The van der Waals surface area contributed by atoms with E-state index in [0.29, 0.717) is 18.4 Å². The summed E-state index contributed by atoms with van der Waals surface area (Å²) in [4.78, 5) is 18.6. The number of aromatic nitrogens is 3. The van der Waals surface area contributed by atoms with Gasteiger partial charge in [-0.25, -0.2) is 4.98 Å². The first-order chi connectivity index (χ1) is 13.2. The van der Waals surface area contributed by atoms with Gasteiger partial charge in [-0.05, 0) is 44.1 Å². The smallest absolute Gasteiger partial charge is 0.245 e. The van der Waals surface area contributed by atoms with E-state index in [1.54, 1.807) is 13.1 Å². The Kier molecular flexibility index (Phi) is 5.46. The average molecular weight is 364 g/mol. The van der Waals surface area contributed by atoms with E-state index in [2.05, 4.69) is 39.4 Å². The molecule has 2 aromatic rings. The summed E-state index contributed by atoms with van der Waals surface area (Å²) in [5, 5.41) is 8.41. The summed E-state index contributed by atoms with van der Waals surface area (Å²) in [6, 6.07) is 8.82. The minimum atomic E-state index is 0.0841. The third kappa shape index (κ3) is 4.18. The fourth-order valence-corrected chi connectivity index (χ4v) is 4.42. The Morgan fingerprint density at radius 3 is 2.56 bits per heavy atom. The topological polar surface area (TPSA) is 59.0 Å². The lowest BCUT2D eigenvalue weighted by atomic mass is 9.84. The molecule has 1 saturated carbocycles. The lowest BCUT2D eigenvalue weighted by molar-refractivity contribution is -0.120. The predicted octanol–water partition coefficient (Wildman–Crippen LogP) is 4.39. The minimum absolute atomic E-state index is 0.0841. The number of Topliss-reactive ketones (excluding diaryl/α,β-unsaturated/α-hetero) is 1. The zero-order chi connectivity index (χ0) is 18.6. The van der Waals surface area contributed by atoms with Crippen LogP contribution in [0.15, 0.2) is 30.5 Å². The first-order valence-corrected chi connectivity index (χ1v) is 10.3. The van der Waals surface area contributed by atoms with Crippen LogP contribution >= 0.6 is 0 Å². The number of nitrogens with zero attached hydrogens (tertiary/aromatic N) is 4. The molecule has 1 aliphatic heterocycles. The van der Waals surface area contributed by atoms with Crippen LogP contribution in [0.5, 0.6) is 0 Å². The summed E-state index contributed by atoms with van der Waals surface area (Å²) in [7, 11) is 0. The van der Waals surface area contributed by atoms with Gasteiger partial charge in [-0.15, -0.1) is 5.10 Å². The highest BCUT2D eigenvalue weighted by atomic mass is 16.1. The van der Waals surface area contributed by atoms with E-state index in [1.807, 2.05) is 0 Å². The molecular weight excluding hydrogens is 336 g/mol. The van der Waals surface area contributed by atoms with Crippen molar-refractivity contribution in [2.75, 3.05) is 18.0 Å². The van der Waals surface area contributed by atoms with Crippen molar-refractivity contribution in [2.24, 2.45) is 5.92 Å². The van der Waals surface area contributed by atoms with Gasteiger partial charge in [0.25, 0.3) is 0 Å². The molecule has 2 fully saturated rings. The Labute approximate surface area is 161 Å². The summed E-state index contributed by atoms with van der Waals surface area (Å²) >= 11 is 0. The van der Waals surface area contributed by atoms with Crippen molar-refractivity contribution in [1.29, 1.82) is 0 Å². The van der Waals surface area contributed by atoms with Crippen molar-refractivity contribution < 1.29 is 4.79 Å². The number of ketones is 1. The fourth-order valence-electron chi connectivity index (χ4n) is 4.42. The maximum absolute atomic E-state index is 11.7. The molecule has 27 heavy (non-hydrogen) atoms. The highest BCUT2D eigenvalue weighted by molar-refractivity contribution is 5.79. The van der Waals surface area contributed by atoms with Gasteiger partial charge in [-0.3, -0.25) is 4.79 Å². The van der Waals surface area contributed by atoms with E-state index < -0.39 is 0 Å². The highest BCUT2D eigenvalue weighted by Crippen LogP contribution is 2.33. The molecule has 0 spiro atoms. The molecule has 0 bridgehead atoms. The number of hydrogen-bond donors (Lipinski definition) is 0. The molecular formula is C22H28N4O. The molecule has 0 unspecified atom stereocenters. The molecule has 0 N–H and O–H groups in total. The van der Waals surface area contributed by atoms with E-state index >= 15 is 0 Å². The summed E-state index contributed by atoms with van der Waals surface area (Å²) in [6.07, 6.45) is 10.4. The second kappa shape index (κ2) is 8.15. The average Bonchev–Trinajstić information content (AvgIpc) is 2.75. The molecule has 2 heterocycles. The van der Waals surface area contributed by atoms with Gasteiger partial charge in [0.05, 0.1) is 11.9 Å². The van der Waals surface area contributed by atoms with Crippen LogP contribution in [-0.2, 0) is 4.79 Å². The van der Waals surface area contributed by atoms with Gasteiger partial charge in [0.15, 0.2) is 0 Å². The van der Waals surface area contributed by atoms with Crippen LogP contribution in [0.2, 0.25) is 0 Å². The third-order valence-corrected chi connectivity index (χ3v) is 6.11. The van der Waals surface area contributed by atoms with Gasteiger partial charge in [0.2, 0.25) is 5.95 Å². The van der Waals surface area contributed by atoms with Gasteiger partial charge in [0.1, 0.15) is 5.78 Å². The number of carbonyl (C=O) groups excluding carboxylic acids is 1. The fraction of sp³-hybridized carbons (Fsp3) is 0.545. The number of carbonyl (C=O) groups is 1. The second-order valence-corrected chi connectivity index (χ2v) is 7.99. The van der Waals surface area contributed by atoms with Crippen molar-refractivity contribution in [3.05, 3.63) is 36.0 Å². The molecule has 0 amide bonds. The number of anilines is 1. The largest absolute Gasteiger partial charge is 0.339 e. The van der Waals surface area contributed by atoms with Crippen LogP contribution in [0.4, 0.5) is 5.95 Å². The van der Waals surface area contributed by atoms with Crippen LogP contribution in [0.3, 0.4) is 0 Å². The first-order valence-electron chi connectivity index (χ1n) is 10.3. The molecule has 1 aliphatic carbocycles. The van der Waals surface area contributed by atoms with E-state index in [1.165, 1.54) is 37.7 Å². The maximum atomic E-state index is 11.7. The molecule has 0 radical (unpaired) electrons. The Morgan fingerprint density at radius 1 is 1.04 bits per heavy atom. The standard InChI is InChI=1S/C22H28N4O/c1-16(27)20-8-5-13-26(15-20)22-24-21(14-23-25-22)19-11-9-18(10-12-19)17-6-3-2-4-7-17/h9-12,14,17,20H,2-8,13,15H2,1H3/t20-/m1/s1. The number of benzene rings is 1. The van der Waals surface area contributed by atoms with Crippen LogP contribution < -0.4 is 4.90 Å². The van der Waals surface area contributed by atoms with Gasteiger partial charge in [-0.1, -0.05) is 43.5 Å². The zero-order valence-electron chi connectivity index (χ0n) is 16.1. The summed E-state index contributed by atoms with van der Waals surface area (Å²) in [5.74, 6) is 1.68. The van der Waals surface area contributed by atoms with Crippen molar-refractivity contribution in [2.45, 2.75) is 57.8 Å². The Balaban J connectivity index is 1.51. The predicted molar refractivity (Wildman–Crippen MR) is 107 cm³/mol. The Morgan fingerprint density at radius 2 is 1.81 bits per heavy atom. The lowest BCUT2D eigenvalue weighted by Crippen LogP contribution is -2.39. The number of piperidine rings is 1. The third-order valence-electron chi connectivity index (χ3n) is 6.11. The second-order valence-electron chi connectivity index (χ2n) is 7.99. The zero-order valence-corrected chi connectivity index (χ0v) is 16.1. The van der Waals surface area contributed by atoms with Crippen LogP contribution in [0.1, 0.15) is 63.4 Å². The minimum Gasteiger partial charge on any atom is -0.339 e. The molecule has 5 heteroatoms. The van der Waals surface area contributed by atoms with Crippen molar-refractivity contribution in [3.8, 4) is 11.3 Å². The normalized spacial score (nSPS) is 21.2. The molecule has 142 valence electrons. The summed E-state index contributed by atoms with van der Waals surface area (Å²) in [5.41, 5.74) is 3.37. The first kappa shape index (κ1) is 18.1. The van der Waals surface area contributed by atoms with Crippen LogP contribution in [0.25, 0.3) is 11.3 Å². The Hall–Kier alpha value is -2.30. The molecule has 1 saturated heterocycles. The van der Waals surface area contributed by atoms with Gasteiger partial charge in [0, 0.05) is 24.6 Å². The van der Waals surface area contributed by atoms with Gasteiger partial charge in [-0.2, -0.15) is 5.10 Å². The number of rotatable bonds is 4. The molecule has 2 aliphatic rings. The molecule has 5 nitrogen and oxygen atoms in total. The number of hydrogen-bond acceptors (Lipinski definition) is 5. The van der Waals surface area contributed by atoms with Gasteiger partial charge >= 0.3 is 0 Å². The van der Waals surface area contributed by atoms with E-state index in [9.17, 15) is 4.79 Å². The lowest BCUT2D eigenvalue weighted by Gasteiger charge is -2.31. The quantitative estimate of drug-likeness (QED) is 0.805. The van der Waals surface area contributed by atoms with Crippen molar-refractivity contribution in [1.82, 2.24) is 15.2 Å². The van der Waals surface area contributed by atoms with Crippen molar-refractivity contribution in [3.63, 3.8) is 0 Å². The van der Waals surface area contributed by atoms with Gasteiger partial charge < -0.3 is 4.90 Å². The van der Waals surface area contributed by atoms with Crippen LogP contribution in [0, 0.1) is 5.92 Å². The highest BCUT2D eigenvalue weighted by Gasteiger charge is 2.25. The maximum Gasteiger partial charge on any atom is 0.245 e. The van der Waals surface area contributed by atoms with E-state index in [-0.39, 0.29) is 11.7 Å². The van der Waals surface area contributed by atoms with E-state index in [4.69, 9.17) is 4.98 Å². The summed E-state index contributed by atoms with van der Waals surface area (Å²) in [6.45, 7) is 3.26. The summed E-state index contributed by atoms with van der Waals surface area (Å²) < 4.78 is 0.